The molecule has 0 saturated carbocycles. The van der Waals surface area contributed by atoms with Crippen LogP contribution in [-0.2, 0) is 6.42 Å². The molecule has 1 aromatic rings. The number of ketones is 1. The van der Waals surface area contributed by atoms with Crippen LogP contribution in [0.2, 0.25) is 0 Å². The van der Waals surface area contributed by atoms with Crippen LogP contribution in [0.3, 0.4) is 0 Å². The third kappa shape index (κ3) is 2.64. The summed E-state index contributed by atoms with van der Waals surface area (Å²) in [5.41, 5.74) is 0.848. The molecule has 0 unspecified atom stereocenters. The highest BCUT2D eigenvalue weighted by Gasteiger charge is 2.32. The van der Waals surface area contributed by atoms with E-state index in [9.17, 15) is 9.90 Å². The normalized spacial score (nSPS) is 15.9. The first-order valence-electron chi connectivity index (χ1n) is 6.68. The summed E-state index contributed by atoms with van der Waals surface area (Å²) in [6, 6.07) is 1.70. The molecule has 0 atom stereocenters. The van der Waals surface area contributed by atoms with E-state index in [2.05, 4.69) is 6.58 Å². The second kappa shape index (κ2) is 5.19. The number of phenolic OH excluding ortho intramolecular Hbond substituents is 1. The van der Waals surface area contributed by atoms with Gasteiger partial charge in [0.2, 0.25) is 5.75 Å². The Morgan fingerprint density at radius 1 is 1.60 bits per heavy atom. The lowest BCUT2D eigenvalue weighted by Gasteiger charge is -2.34. The number of Topliss-reactive ketones (excluding diaryl/α,β-unsaturated/α-hetero) is 1. The average molecular weight is 276 g/mol. The molecule has 0 aliphatic carbocycles. The Labute approximate surface area is 119 Å². The lowest BCUT2D eigenvalue weighted by atomic mass is 9.92. The molecule has 1 heterocycles. The molecule has 0 amide bonds. The van der Waals surface area contributed by atoms with Crippen molar-refractivity contribution in [2.45, 2.75) is 39.2 Å². The minimum Gasteiger partial charge on any atom is -0.504 e. The van der Waals surface area contributed by atoms with E-state index in [4.69, 9.17) is 9.47 Å². The van der Waals surface area contributed by atoms with Gasteiger partial charge in [0.15, 0.2) is 17.3 Å². The van der Waals surface area contributed by atoms with Crippen molar-refractivity contribution in [3.63, 3.8) is 0 Å². The second-order valence-corrected chi connectivity index (χ2v) is 5.61. The topological polar surface area (TPSA) is 55.8 Å². The largest absolute Gasteiger partial charge is 0.504 e. The van der Waals surface area contributed by atoms with Crippen LogP contribution in [0, 0.1) is 0 Å². The molecule has 0 spiro atoms. The van der Waals surface area contributed by atoms with Gasteiger partial charge in [0.25, 0.3) is 0 Å². The predicted octanol–water partition coefficient (Wildman–Crippen LogP) is 3.26. The molecule has 0 radical (unpaired) electrons. The molecule has 1 aliphatic heterocycles. The Kier molecular flexibility index (Phi) is 3.75. The molecule has 20 heavy (non-hydrogen) atoms. The summed E-state index contributed by atoms with van der Waals surface area (Å²) in [6.07, 6.45) is 3.22. The number of aryl methyl sites for hydroxylation is 1. The zero-order valence-electron chi connectivity index (χ0n) is 12.2. The lowest BCUT2D eigenvalue weighted by Crippen LogP contribution is -2.33. The van der Waals surface area contributed by atoms with E-state index in [1.165, 1.54) is 6.92 Å². The van der Waals surface area contributed by atoms with Gasteiger partial charge in [-0.1, -0.05) is 12.7 Å². The molecule has 1 N–H and O–H groups in total. The smallest absolute Gasteiger partial charge is 0.204 e. The Morgan fingerprint density at radius 3 is 2.90 bits per heavy atom. The maximum atomic E-state index is 11.6. The summed E-state index contributed by atoms with van der Waals surface area (Å²) in [6.45, 7) is 9.23. The number of benzene rings is 1. The first kappa shape index (κ1) is 14.4. The number of ether oxygens (including phenoxy) is 2. The second-order valence-electron chi connectivity index (χ2n) is 5.61. The number of hydrogen-bond acceptors (Lipinski definition) is 4. The van der Waals surface area contributed by atoms with E-state index in [-0.39, 0.29) is 35.1 Å². The molecular weight excluding hydrogens is 256 g/mol. The summed E-state index contributed by atoms with van der Waals surface area (Å²) < 4.78 is 11.5. The van der Waals surface area contributed by atoms with Crippen LogP contribution in [0.4, 0.5) is 0 Å². The molecule has 0 bridgehead atoms. The SMILES string of the molecule is C=CCOc1c(O)c(C(C)=O)cc2c1OC(C)(C)CC2. The van der Waals surface area contributed by atoms with E-state index in [0.717, 1.165) is 18.4 Å². The fourth-order valence-electron chi connectivity index (χ4n) is 2.29. The molecule has 2 rings (SSSR count). The van der Waals surface area contributed by atoms with Crippen LogP contribution in [0.1, 0.15) is 43.1 Å². The third-order valence-electron chi connectivity index (χ3n) is 3.39. The zero-order chi connectivity index (χ0) is 14.9. The van der Waals surface area contributed by atoms with Crippen molar-refractivity contribution >= 4 is 5.78 Å². The van der Waals surface area contributed by atoms with Gasteiger partial charge in [-0.15, -0.1) is 0 Å². The van der Waals surface area contributed by atoms with Crippen molar-refractivity contribution in [3.8, 4) is 17.2 Å². The van der Waals surface area contributed by atoms with Crippen molar-refractivity contribution < 1.29 is 19.4 Å². The van der Waals surface area contributed by atoms with Crippen LogP contribution in [-0.4, -0.2) is 23.1 Å². The number of fused-ring (bicyclic) bond motifs is 1. The molecule has 0 aromatic heterocycles. The first-order valence-corrected chi connectivity index (χ1v) is 6.68. The van der Waals surface area contributed by atoms with Crippen molar-refractivity contribution in [1.29, 1.82) is 0 Å². The average Bonchev–Trinajstić information content (AvgIpc) is 2.36. The fourth-order valence-corrected chi connectivity index (χ4v) is 2.29. The molecule has 4 nitrogen and oxygen atoms in total. The Hall–Kier alpha value is -1.97. The molecule has 0 fully saturated rings. The molecule has 0 saturated heterocycles. The van der Waals surface area contributed by atoms with Gasteiger partial charge in [-0.05, 0) is 45.2 Å². The molecule has 1 aliphatic rings. The van der Waals surface area contributed by atoms with Crippen LogP contribution < -0.4 is 9.47 Å². The van der Waals surface area contributed by atoms with Crippen molar-refractivity contribution in [3.05, 3.63) is 29.8 Å². The van der Waals surface area contributed by atoms with Gasteiger partial charge >= 0.3 is 0 Å². The van der Waals surface area contributed by atoms with Gasteiger partial charge in [0.1, 0.15) is 12.2 Å². The highest BCUT2D eigenvalue weighted by Crippen LogP contribution is 2.47. The summed E-state index contributed by atoms with van der Waals surface area (Å²) in [7, 11) is 0. The van der Waals surface area contributed by atoms with Crippen molar-refractivity contribution in [2.24, 2.45) is 0 Å². The number of carbonyl (C=O) groups excluding carboxylic acids is 1. The Morgan fingerprint density at radius 2 is 2.30 bits per heavy atom. The highest BCUT2D eigenvalue weighted by molar-refractivity contribution is 5.98. The van der Waals surface area contributed by atoms with E-state index < -0.39 is 0 Å². The molecule has 4 heteroatoms. The first-order chi connectivity index (χ1) is 9.35. The zero-order valence-corrected chi connectivity index (χ0v) is 12.2. The van der Waals surface area contributed by atoms with Crippen LogP contribution in [0.5, 0.6) is 17.2 Å². The standard InChI is InChI=1S/C16H20O4/c1-5-8-19-15-13(18)12(10(2)17)9-11-6-7-16(3,4)20-14(11)15/h5,9,18H,1,6-8H2,2-4H3. The predicted molar refractivity (Wildman–Crippen MR) is 76.8 cm³/mol. The van der Waals surface area contributed by atoms with E-state index in [0.29, 0.717) is 5.75 Å². The summed E-state index contributed by atoms with van der Waals surface area (Å²) in [4.78, 5) is 11.6. The Balaban J connectivity index is 2.58. The van der Waals surface area contributed by atoms with Gasteiger partial charge in [-0.2, -0.15) is 0 Å². The summed E-state index contributed by atoms with van der Waals surface area (Å²) in [5.74, 6) is 0.417. The summed E-state index contributed by atoms with van der Waals surface area (Å²) >= 11 is 0. The number of rotatable bonds is 4. The molecular formula is C16H20O4. The highest BCUT2D eigenvalue weighted by atomic mass is 16.5. The Bertz CT molecular complexity index is 558. The fraction of sp³-hybridized carbons (Fsp3) is 0.438. The van der Waals surface area contributed by atoms with Crippen molar-refractivity contribution in [1.82, 2.24) is 0 Å². The maximum absolute atomic E-state index is 11.6. The lowest BCUT2D eigenvalue weighted by molar-refractivity contribution is 0.0788. The van der Waals surface area contributed by atoms with Gasteiger partial charge in [0, 0.05) is 0 Å². The van der Waals surface area contributed by atoms with Crippen LogP contribution >= 0.6 is 0 Å². The number of carbonyl (C=O) groups is 1. The van der Waals surface area contributed by atoms with Gasteiger partial charge < -0.3 is 14.6 Å². The van der Waals surface area contributed by atoms with Crippen LogP contribution in [0.25, 0.3) is 0 Å². The van der Waals surface area contributed by atoms with E-state index >= 15 is 0 Å². The van der Waals surface area contributed by atoms with Gasteiger partial charge in [-0.3, -0.25) is 4.79 Å². The van der Waals surface area contributed by atoms with E-state index in [1.807, 2.05) is 13.8 Å². The van der Waals surface area contributed by atoms with E-state index in [1.54, 1.807) is 12.1 Å². The van der Waals surface area contributed by atoms with Crippen LogP contribution in [0.15, 0.2) is 18.7 Å². The molecule has 1 aromatic carbocycles. The van der Waals surface area contributed by atoms with Gasteiger partial charge in [0.05, 0.1) is 5.56 Å². The van der Waals surface area contributed by atoms with Crippen molar-refractivity contribution in [2.75, 3.05) is 6.61 Å². The minimum atomic E-state index is -0.316. The quantitative estimate of drug-likeness (QED) is 0.677. The number of aromatic hydroxyl groups is 1. The third-order valence-corrected chi connectivity index (χ3v) is 3.39. The van der Waals surface area contributed by atoms with Gasteiger partial charge in [-0.25, -0.2) is 0 Å². The summed E-state index contributed by atoms with van der Waals surface area (Å²) in [5, 5.41) is 10.3. The minimum absolute atomic E-state index is 0.157. The monoisotopic (exact) mass is 276 g/mol. The number of hydrogen-bond donors (Lipinski definition) is 1. The molecule has 108 valence electrons. The maximum Gasteiger partial charge on any atom is 0.204 e. The number of phenols is 1.